The zero-order valence-electron chi connectivity index (χ0n) is 11.2. The zero-order valence-corrected chi connectivity index (χ0v) is 12.8. The normalized spacial score (nSPS) is 13.5. The fourth-order valence-electron chi connectivity index (χ4n) is 1.90. The Hall–Kier alpha value is -1.15. The van der Waals surface area contributed by atoms with Gasteiger partial charge in [-0.3, -0.25) is 0 Å². The SMILES string of the molecule is CCCC(NS(=O)(=O)c1ccc(CN)o1)c1cccs1. The molecule has 2 rings (SSSR count). The lowest BCUT2D eigenvalue weighted by Crippen LogP contribution is -2.27. The molecule has 0 fully saturated rings. The van der Waals surface area contributed by atoms with E-state index in [1.165, 1.54) is 17.4 Å². The van der Waals surface area contributed by atoms with Crippen molar-refractivity contribution in [1.82, 2.24) is 4.72 Å². The third kappa shape index (κ3) is 3.49. The average Bonchev–Trinajstić information content (AvgIpc) is 3.09. The number of sulfonamides is 1. The van der Waals surface area contributed by atoms with Crippen LogP contribution in [0, 0.1) is 0 Å². The van der Waals surface area contributed by atoms with Gasteiger partial charge in [0.25, 0.3) is 10.0 Å². The van der Waals surface area contributed by atoms with Crippen molar-refractivity contribution in [3.05, 3.63) is 40.3 Å². The van der Waals surface area contributed by atoms with E-state index in [0.29, 0.717) is 5.76 Å². The Morgan fingerprint density at radius 1 is 1.40 bits per heavy atom. The molecule has 110 valence electrons. The molecule has 0 amide bonds. The molecule has 1 unspecified atom stereocenters. The summed E-state index contributed by atoms with van der Waals surface area (Å²) in [5.41, 5.74) is 5.43. The van der Waals surface area contributed by atoms with Gasteiger partial charge in [-0.25, -0.2) is 13.1 Å². The number of thiophene rings is 1. The van der Waals surface area contributed by atoms with Crippen LogP contribution in [0.15, 0.2) is 39.2 Å². The highest BCUT2D eigenvalue weighted by molar-refractivity contribution is 7.89. The molecule has 0 saturated heterocycles. The molecule has 0 bridgehead atoms. The van der Waals surface area contributed by atoms with Crippen molar-refractivity contribution in [1.29, 1.82) is 0 Å². The molecular weight excluding hydrogens is 296 g/mol. The van der Waals surface area contributed by atoms with Gasteiger partial charge in [0.05, 0.1) is 12.6 Å². The van der Waals surface area contributed by atoms with Gasteiger partial charge in [-0.15, -0.1) is 11.3 Å². The smallest absolute Gasteiger partial charge is 0.274 e. The summed E-state index contributed by atoms with van der Waals surface area (Å²) < 4.78 is 32.5. The molecule has 5 nitrogen and oxygen atoms in total. The fourth-order valence-corrected chi connectivity index (χ4v) is 3.98. The number of furan rings is 1. The largest absolute Gasteiger partial charge is 0.447 e. The Morgan fingerprint density at radius 3 is 2.75 bits per heavy atom. The number of nitrogens with two attached hydrogens (primary N) is 1. The number of nitrogens with one attached hydrogen (secondary N) is 1. The molecule has 20 heavy (non-hydrogen) atoms. The van der Waals surface area contributed by atoms with Crippen LogP contribution in [0.2, 0.25) is 0 Å². The Kier molecular flexibility index (Phi) is 4.98. The van der Waals surface area contributed by atoms with Crippen LogP contribution >= 0.6 is 11.3 Å². The van der Waals surface area contributed by atoms with E-state index in [2.05, 4.69) is 4.72 Å². The highest BCUT2D eigenvalue weighted by Crippen LogP contribution is 2.25. The minimum atomic E-state index is -3.66. The molecule has 2 heterocycles. The quantitative estimate of drug-likeness (QED) is 0.822. The molecule has 7 heteroatoms. The number of rotatable bonds is 7. The van der Waals surface area contributed by atoms with Gasteiger partial charge in [0.2, 0.25) is 5.09 Å². The summed E-state index contributed by atoms with van der Waals surface area (Å²) in [6, 6.07) is 6.63. The highest BCUT2D eigenvalue weighted by Gasteiger charge is 2.24. The molecule has 0 aliphatic rings. The van der Waals surface area contributed by atoms with Crippen LogP contribution in [0.3, 0.4) is 0 Å². The lowest BCUT2D eigenvalue weighted by atomic mass is 10.1. The van der Waals surface area contributed by atoms with Crippen molar-refractivity contribution in [2.24, 2.45) is 5.73 Å². The third-order valence-corrected chi connectivity index (χ3v) is 5.19. The van der Waals surface area contributed by atoms with Crippen molar-refractivity contribution in [2.45, 2.75) is 37.4 Å². The minimum absolute atomic E-state index is 0.0874. The van der Waals surface area contributed by atoms with Gasteiger partial charge < -0.3 is 10.2 Å². The lowest BCUT2D eigenvalue weighted by molar-refractivity contribution is 0.409. The van der Waals surface area contributed by atoms with Crippen LogP contribution in [-0.2, 0) is 16.6 Å². The molecule has 0 saturated carbocycles. The van der Waals surface area contributed by atoms with E-state index in [0.717, 1.165) is 17.7 Å². The second-order valence-electron chi connectivity index (χ2n) is 4.40. The lowest BCUT2D eigenvalue weighted by Gasteiger charge is -2.15. The van der Waals surface area contributed by atoms with Crippen molar-refractivity contribution in [2.75, 3.05) is 0 Å². The summed E-state index contributed by atoms with van der Waals surface area (Å²) in [4.78, 5) is 1.00. The van der Waals surface area contributed by atoms with E-state index in [-0.39, 0.29) is 17.7 Å². The van der Waals surface area contributed by atoms with Crippen LogP contribution < -0.4 is 10.5 Å². The molecule has 0 aliphatic carbocycles. The van der Waals surface area contributed by atoms with Crippen LogP contribution in [0.1, 0.15) is 36.4 Å². The summed E-state index contributed by atoms with van der Waals surface area (Å²) in [5.74, 6) is 0.452. The summed E-state index contributed by atoms with van der Waals surface area (Å²) in [6.07, 6.45) is 1.63. The fraction of sp³-hybridized carbons (Fsp3) is 0.385. The van der Waals surface area contributed by atoms with E-state index in [1.807, 2.05) is 24.4 Å². The Morgan fingerprint density at radius 2 is 2.20 bits per heavy atom. The maximum atomic E-state index is 12.3. The first-order valence-electron chi connectivity index (χ1n) is 6.41. The van der Waals surface area contributed by atoms with Gasteiger partial charge in [0.1, 0.15) is 5.76 Å². The summed E-state index contributed by atoms with van der Waals surface area (Å²) in [7, 11) is -3.66. The molecule has 2 aromatic rings. The molecule has 0 radical (unpaired) electrons. The second-order valence-corrected chi connectivity index (χ2v) is 7.03. The van der Waals surface area contributed by atoms with Gasteiger partial charge >= 0.3 is 0 Å². The average molecular weight is 314 g/mol. The first-order valence-corrected chi connectivity index (χ1v) is 8.77. The molecular formula is C13H18N2O3S2. The molecule has 1 atom stereocenters. The second kappa shape index (κ2) is 6.53. The Balaban J connectivity index is 2.20. The molecule has 2 aromatic heterocycles. The van der Waals surface area contributed by atoms with Crippen molar-refractivity contribution in [3.63, 3.8) is 0 Å². The zero-order chi connectivity index (χ0) is 14.6. The maximum Gasteiger partial charge on any atom is 0.274 e. The maximum absolute atomic E-state index is 12.3. The molecule has 3 N–H and O–H groups in total. The van der Waals surface area contributed by atoms with E-state index in [1.54, 1.807) is 6.07 Å². The number of hydrogen-bond donors (Lipinski definition) is 2. The van der Waals surface area contributed by atoms with Crippen LogP contribution in [0.25, 0.3) is 0 Å². The molecule has 0 aliphatic heterocycles. The van der Waals surface area contributed by atoms with Crippen LogP contribution in [0.4, 0.5) is 0 Å². The Labute approximate surface area is 122 Å². The van der Waals surface area contributed by atoms with Gasteiger partial charge in [-0.1, -0.05) is 19.4 Å². The first kappa shape index (κ1) is 15.2. The topological polar surface area (TPSA) is 85.3 Å². The third-order valence-electron chi connectivity index (χ3n) is 2.86. The summed E-state index contributed by atoms with van der Waals surface area (Å²) in [6.45, 7) is 2.20. The van der Waals surface area contributed by atoms with Crippen molar-refractivity contribution < 1.29 is 12.8 Å². The summed E-state index contributed by atoms with van der Waals surface area (Å²) >= 11 is 1.54. The van der Waals surface area contributed by atoms with Crippen LogP contribution in [-0.4, -0.2) is 8.42 Å². The van der Waals surface area contributed by atoms with Gasteiger partial charge in [-0.05, 0) is 30.0 Å². The highest BCUT2D eigenvalue weighted by atomic mass is 32.2. The molecule has 0 spiro atoms. The van der Waals surface area contributed by atoms with E-state index >= 15 is 0 Å². The minimum Gasteiger partial charge on any atom is -0.447 e. The standard InChI is InChI=1S/C13H18N2O3S2/c1-2-4-11(12-5-3-8-19-12)15-20(16,17)13-7-6-10(9-14)18-13/h3,5-8,11,15H,2,4,9,14H2,1H3. The van der Waals surface area contributed by atoms with Gasteiger partial charge in [0.15, 0.2) is 0 Å². The monoisotopic (exact) mass is 314 g/mol. The van der Waals surface area contributed by atoms with E-state index in [4.69, 9.17) is 10.2 Å². The number of hydrogen-bond acceptors (Lipinski definition) is 5. The molecule has 0 aromatic carbocycles. The first-order chi connectivity index (χ1) is 9.56. The van der Waals surface area contributed by atoms with Gasteiger partial charge in [-0.2, -0.15) is 0 Å². The van der Waals surface area contributed by atoms with Crippen molar-refractivity contribution >= 4 is 21.4 Å². The predicted octanol–water partition coefficient (Wildman–Crippen LogP) is 2.62. The van der Waals surface area contributed by atoms with Crippen molar-refractivity contribution in [3.8, 4) is 0 Å². The summed E-state index contributed by atoms with van der Waals surface area (Å²) in [5, 5.41) is 1.85. The Bertz CT molecular complexity index is 632. The van der Waals surface area contributed by atoms with Crippen LogP contribution in [0.5, 0.6) is 0 Å². The van der Waals surface area contributed by atoms with E-state index < -0.39 is 10.0 Å². The van der Waals surface area contributed by atoms with Gasteiger partial charge in [0, 0.05) is 4.88 Å². The van der Waals surface area contributed by atoms with E-state index in [9.17, 15) is 8.42 Å². The predicted molar refractivity (Wildman–Crippen MR) is 78.9 cm³/mol.